The summed E-state index contributed by atoms with van der Waals surface area (Å²) in [5.41, 5.74) is -0.978. The summed E-state index contributed by atoms with van der Waals surface area (Å²) < 4.78 is 60.8. The van der Waals surface area contributed by atoms with E-state index in [-0.39, 0.29) is 47.4 Å². The van der Waals surface area contributed by atoms with Crippen molar-refractivity contribution in [2.24, 2.45) is 52.3 Å². The summed E-state index contributed by atoms with van der Waals surface area (Å²) in [5, 5.41) is 141. The molecule has 0 aromatic carbocycles. The van der Waals surface area contributed by atoms with Crippen molar-refractivity contribution in [3.63, 3.8) is 0 Å². The van der Waals surface area contributed by atoms with Crippen molar-refractivity contribution in [1.29, 1.82) is 0 Å². The quantitative estimate of drug-likeness (QED) is 0.0874. The molecule has 10 aliphatic rings. The number of carbonyl (C=O) groups excluding carboxylic acids is 1. The maximum absolute atomic E-state index is 14.7. The third-order valence-electron chi connectivity index (χ3n) is 19.9. The minimum Gasteiger partial charge on any atom is -0.394 e. The van der Waals surface area contributed by atoms with Crippen LogP contribution in [0.5, 0.6) is 0 Å². The van der Waals surface area contributed by atoms with Gasteiger partial charge >= 0.3 is 0 Å². The van der Waals surface area contributed by atoms with E-state index in [0.29, 0.717) is 31.8 Å². The van der Waals surface area contributed by atoms with Gasteiger partial charge in [-0.05, 0) is 73.5 Å². The van der Waals surface area contributed by atoms with E-state index >= 15 is 0 Å². The third kappa shape index (κ3) is 9.26. The average Bonchev–Trinajstić information content (AvgIpc) is 3.83. The number of aliphatic hydroxyl groups excluding tert-OH is 13. The largest absolute Gasteiger partial charge is 0.394 e. The topological polar surface area (TPSA) is 372 Å². The van der Waals surface area contributed by atoms with Gasteiger partial charge in [0.2, 0.25) is 0 Å². The molecule has 24 heteroatoms. The molecule has 4 aliphatic carbocycles. The van der Waals surface area contributed by atoms with Crippen molar-refractivity contribution in [1.82, 2.24) is 0 Å². The Morgan fingerprint density at radius 2 is 1.22 bits per heavy atom. The Labute approximate surface area is 428 Å². The molecule has 0 aromatic heterocycles. The molecule has 74 heavy (non-hydrogen) atoms. The number of hydrogen-bond acceptors (Lipinski definition) is 24. The molecule has 32 atom stereocenters. The van der Waals surface area contributed by atoms with Gasteiger partial charge in [0.05, 0.1) is 51.3 Å². The van der Waals surface area contributed by atoms with Crippen molar-refractivity contribution in [3.05, 3.63) is 0 Å². The zero-order chi connectivity index (χ0) is 53.1. The lowest BCUT2D eigenvalue weighted by molar-refractivity contribution is -0.404. The lowest BCUT2D eigenvalue weighted by atomic mass is 9.43. The summed E-state index contributed by atoms with van der Waals surface area (Å²) in [6.45, 7) is 6.18. The molecule has 1 unspecified atom stereocenters. The Morgan fingerprint density at radius 3 is 1.91 bits per heavy atom. The summed E-state index contributed by atoms with van der Waals surface area (Å²) in [5.74, 6) is 0.590. The third-order valence-corrected chi connectivity index (χ3v) is 19.9. The van der Waals surface area contributed by atoms with Crippen LogP contribution >= 0.6 is 0 Å². The van der Waals surface area contributed by atoms with Crippen LogP contribution in [0.4, 0.5) is 0 Å². The van der Waals surface area contributed by atoms with Crippen LogP contribution in [0.25, 0.3) is 0 Å². The van der Waals surface area contributed by atoms with E-state index in [4.69, 9.17) is 47.4 Å². The first-order valence-corrected chi connectivity index (χ1v) is 26.8. The second-order valence-corrected chi connectivity index (χ2v) is 23.9. The van der Waals surface area contributed by atoms with E-state index < -0.39 is 172 Å². The van der Waals surface area contributed by atoms with E-state index in [0.717, 1.165) is 32.1 Å². The Balaban J connectivity index is 0.832. The molecule has 424 valence electrons. The first kappa shape index (κ1) is 56.0. The fourth-order valence-corrected chi connectivity index (χ4v) is 15.6. The highest BCUT2D eigenvalue weighted by molar-refractivity contribution is 5.87. The van der Waals surface area contributed by atoms with Gasteiger partial charge in [0.15, 0.2) is 30.9 Å². The van der Waals surface area contributed by atoms with E-state index in [1.165, 1.54) is 0 Å². The summed E-state index contributed by atoms with van der Waals surface area (Å²) >= 11 is 0. The first-order valence-electron chi connectivity index (χ1n) is 26.8. The van der Waals surface area contributed by atoms with Crippen LogP contribution in [-0.2, 0) is 52.2 Å². The number of ketones is 1. The number of fused-ring (bicyclic) bond motifs is 7. The van der Waals surface area contributed by atoms with Crippen LogP contribution in [0.3, 0.4) is 0 Å². The molecule has 6 saturated heterocycles. The summed E-state index contributed by atoms with van der Waals surface area (Å²) in [4.78, 5) is 14.7. The number of Topliss-reactive ketones (excluding diaryl/α,β-unsaturated/α-hetero) is 1. The molecule has 0 bridgehead atoms. The Kier molecular flexibility index (Phi) is 16.2. The predicted molar refractivity (Wildman–Crippen MR) is 244 cm³/mol. The Morgan fingerprint density at radius 1 is 0.595 bits per heavy atom. The van der Waals surface area contributed by atoms with Gasteiger partial charge in [-0.2, -0.15) is 0 Å². The minimum absolute atomic E-state index is 0.0131. The molecule has 10 rings (SSSR count). The van der Waals surface area contributed by atoms with Crippen LogP contribution in [0.2, 0.25) is 0 Å². The molecule has 13 N–H and O–H groups in total. The number of aliphatic hydroxyl groups is 13. The van der Waals surface area contributed by atoms with Gasteiger partial charge in [-0.3, -0.25) is 4.79 Å². The number of carbonyl (C=O) groups is 1. The van der Waals surface area contributed by atoms with Crippen LogP contribution in [0, 0.1) is 52.3 Å². The summed E-state index contributed by atoms with van der Waals surface area (Å²) in [7, 11) is 0. The van der Waals surface area contributed by atoms with Crippen LogP contribution < -0.4 is 0 Å². The molecular weight excluding hydrogens is 985 g/mol. The predicted octanol–water partition coefficient (Wildman–Crippen LogP) is -4.12. The van der Waals surface area contributed by atoms with Crippen LogP contribution in [-0.4, -0.2) is 246 Å². The van der Waals surface area contributed by atoms with E-state index in [9.17, 15) is 71.2 Å². The maximum Gasteiger partial charge on any atom is 0.187 e. The highest BCUT2D eigenvalue weighted by Crippen LogP contribution is 2.70. The lowest BCUT2D eigenvalue weighted by Crippen LogP contribution is -2.68. The zero-order valence-electron chi connectivity index (χ0n) is 42.2. The fraction of sp³-hybridized carbons (Fsp3) is 0.980. The van der Waals surface area contributed by atoms with Gasteiger partial charge in [-0.15, -0.1) is 0 Å². The van der Waals surface area contributed by atoms with Gasteiger partial charge in [0.1, 0.15) is 97.3 Å². The SMILES string of the molecule is CC1CC[C@@]2(OC1)O[C@H]1C[C@H]3[C@@H]4CC[C@H]5C[C@@H](O[C@@H]6O[C@H](CO)[C@H](O[C@@H]7O[C@H](CO)[C@@H](O)[C@H](O[C@@H]8OC[C@@H](O)[C@H](O)[C@H]8O)[C@H]7O[C@@H]7O[C@H](CO)[C@@H](O)[C@H](O)[C@H]7O)[C@H](O)[C@H]6O)[C@H](O)C[C@]5(C)[C@H]4CC(=O)[C@]3(C)[C@H]1[C@@H]2C. The van der Waals surface area contributed by atoms with Gasteiger partial charge < -0.3 is 114 Å². The monoisotopic (exact) mass is 1060 g/mol. The van der Waals surface area contributed by atoms with Crippen molar-refractivity contribution < 1.29 is 119 Å². The molecule has 10 fully saturated rings. The number of ether oxygens (including phenoxy) is 10. The number of rotatable bonds is 11. The summed E-state index contributed by atoms with van der Waals surface area (Å²) in [6.07, 6.45) is -30.9. The number of hydrogen-bond donors (Lipinski definition) is 13. The van der Waals surface area contributed by atoms with Crippen molar-refractivity contribution in [3.8, 4) is 0 Å². The van der Waals surface area contributed by atoms with Crippen LogP contribution in [0.15, 0.2) is 0 Å². The Hall–Kier alpha value is -1.25. The lowest BCUT2D eigenvalue weighted by Gasteiger charge is -2.61. The second-order valence-electron chi connectivity index (χ2n) is 23.9. The molecule has 6 aliphatic heterocycles. The fourth-order valence-electron chi connectivity index (χ4n) is 15.6. The highest BCUT2D eigenvalue weighted by atomic mass is 16.8. The van der Waals surface area contributed by atoms with Crippen molar-refractivity contribution >= 4 is 5.78 Å². The van der Waals surface area contributed by atoms with Crippen molar-refractivity contribution in [2.75, 3.05) is 33.0 Å². The molecule has 0 radical (unpaired) electrons. The van der Waals surface area contributed by atoms with E-state index in [2.05, 4.69) is 27.7 Å². The zero-order valence-corrected chi connectivity index (χ0v) is 42.2. The molecule has 0 amide bonds. The smallest absolute Gasteiger partial charge is 0.187 e. The highest BCUT2D eigenvalue weighted by Gasteiger charge is 2.72. The Bertz CT molecular complexity index is 1940. The van der Waals surface area contributed by atoms with E-state index in [1.807, 2.05) is 0 Å². The minimum atomic E-state index is -2.03. The van der Waals surface area contributed by atoms with Gasteiger partial charge in [-0.1, -0.05) is 27.7 Å². The van der Waals surface area contributed by atoms with Crippen molar-refractivity contribution in [2.45, 2.75) is 220 Å². The van der Waals surface area contributed by atoms with Gasteiger partial charge in [0.25, 0.3) is 0 Å². The second kappa shape index (κ2) is 21.3. The first-order chi connectivity index (χ1) is 35.1. The molecular formula is C50H80O24. The standard InChI is InChI=1S/C50H80O24/c1-18-7-8-50(66-16-18)19(2)32-27(74-50)10-23-21-6-5-20-9-26(24(54)12-48(20,3)22(21)11-31(56)49(23,32)4)67-45-40(64)37(61)41(30(15-53)70-45)71-47-43(73-46-39(63)36(60)34(58)28(13-51)68-46)42(35(59)29(14-52)69-47)72-44-38(62)33(57)25(55)17-65-44/h18-30,32-47,51-55,57-64H,5-17H2,1-4H3/t18?,19-,20-,21+,22-,23-,24+,25+,26+,27-,28+,29+,30+,32-,33-,34+,35+,36-,37+,38+,39+,40+,41-,42-,43+,44-,45+,46-,47-,48-,49+,50+/m0/s1. The average molecular weight is 1070 g/mol. The molecule has 0 aromatic rings. The molecule has 6 heterocycles. The molecule has 4 saturated carbocycles. The van der Waals surface area contributed by atoms with Gasteiger partial charge in [0, 0.05) is 30.1 Å². The van der Waals surface area contributed by atoms with Gasteiger partial charge in [-0.25, -0.2) is 0 Å². The maximum atomic E-state index is 14.7. The summed E-state index contributed by atoms with van der Waals surface area (Å²) in [6, 6.07) is 0. The molecule has 1 spiro atoms. The molecule has 24 nitrogen and oxygen atoms in total. The normalized spacial score (nSPS) is 57.6. The van der Waals surface area contributed by atoms with E-state index in [1.54, 1.807) is 0 Å². The van der Waals surface area contributed by atoms with Crippen LogP contribution in [0.1, 0.15) is 79.1 Å².